The third-order valence-electron chi connectivity index (χ3n) is 5.67. The average Bonchev–Trinajstić information content (AvgIpc) is 2.74. The number of rotatable bonds is 14. The lowest BCUT2D eigenvalue weighted by Crippen LogP contribution is -2.21. The molecule has 29 heavy (non-hydrogen) atoms. The van der Waals surface area contributed by atoms with Crippen molar-refractivity contribution >= 4 is 5.70 Å². The maximum absolute atomic E-state index is 3.73. The fraction of sp³-hybridized carbons (Fsp3) is 0.556. The largest absolute Gasteiger partial charge is 0.385 e. The van der Waals surface area contributed by atoms with E-state index in [-0.39, 0.29) is 0 Å². The summed E-state index contributed by atoms with van der Waals surface area (Å²) >= 11 is 0. The van der Waals surface area contributed by atoms with Crippen LogP contribution in [0.25, 0.3) is 5.70 Å². The van der Waals surface area contributed by atoms with E-state index < -0.39 is 0 Å². The second kappa shape index (κ2) is 14.1. The minimum absolute atomic E-state index is 0.985. The van der Waals surface area contributed by atoms with Crippen LogP contribution in [0.5, 0.6) is 0 Å². The van der Waals surface area contributed by atoms with Crippen LogP contribution in [0, 0.1) is 0 Å². The zero-order valence-electron chi connectivity index (χ0n) is 19.1. The van der Waals surface area contributed by atoms with Gasteiger partial charge in [0, 0.05) is 37.6 Å². The summed E-state index contributed by atoms with van der Waals surface area (Å²) in [7, 11) is 4.29. The Morgan fingerprint density at radius 3 is 2.10 bits per heavy atom. The lowest BCUT2D eigenvalue weighted by Gasteiger charge is -2.26. The maximum atomic E-state index is 3.73. The van der Waals surface area contributed by atoms with Gasteiger partial charge in [-0.25, -0.2) is 0 Å². The third kappa shape index (κ3) is 8.51. The Morgan fingerprint density at radius 2 is 1.48 bits per heavy atom. The number of hydrogen-bond acceptors (Lipinski definition) is 2. The second-order valence-corrected chi connectivity index (χ2v) is 8.41. The number of allylic oxidation sites excluding steroid dienone is 4. The van der Waals surface area contributed by atoms with Crippen LogP contribution in [0.2, 0.25) is 0 Å². The Morgan fingerprint density at radius 1 is 0.862 bits per heavy atom. The molecule has 1 aromatic rings. The second-order valence-electron chi connectivity index (χ2n) is 8.41. The van der Waals surface area contributed by atoms with Crippen LogP contribution < -0.4 is 5.32 Å². The highest BCUT2D eigenvalue weighted by molar-refractivity contribution is 5.71. The lowest BCUT2D eigenvalue weighted by atomic mass is 9.96. The summed E-state index contributed by atoms with van der Waals surface area (Å²) in [6.45, 7) is 3.35. The Hall–Kier alpha value is -1.96. The molecular formula is C27H42N2. The van der Waals surface area contributed by atoms with Crippen molar-refractivity contribution < 1.29 is 0 Å². The van der Waals surface area contributed by atoms with E-state index in [1.807, 2.05) is 0 Å². The van der Waals surface area contributed by atoms with Crippen molar-refractivity contribution in [3.8, 4) is 0 Å². The summed E-state index contributed by atoms with van der Waals surface area (Å²) in [6, 6.07) is 10.8. The molecule has 0 saturated heterocycles. The number of nitrogens with one attached hydrogen (secondary N) is 1. The summed E-state index contributed by atoms with van der Waals surface area (Å²) in [5, 5.41) is 3.73. The van der Waals surface area contributed by atoms with E-state index >= 15 is 0 Å². The van der Waals surface area contributed by atoms with Gasteiger partial charge in [-0.15, -0.1) is 0 Å². The topological polar surface area (TPSA) is 15.3 Å². The van der Waals surface area contributed by atoms with Gasteiger partial charge in [-0.2, -0.15) is 0 Å². The number of unbranched alkanes of at least 4 members (excludes halogenated alkanes) is 9. The van der Waals surface area contributed by atoms with Crippen molar-refractivity contribution in [1.82, 2.24) is 10.2 Å². The van der Waals surface area contributed by atoms with Crippen molar-refractivity contribution in [2.45, 2.75) is 77.6 Å². The molecule has 1 aromatic carbocycles. The van der Waals surface area contributed by atoms with Crippen molar-refractivity contribution in [1.29, 1.82) is 0 Å². The van der Waals surface area contributed by atoms with E-state index in [4.69, 9.17) is 0 Å². The van der Waals surface area contributed by atoms with E-state index in [0.29, 0.717) is 0 Å². The van der Waals surface area contributed by atoms with Crippen LogP contribution in [-0.2, 0) is 0 Å². The van der Waals surface area contributed by atoms with Crippen molar-refractivity contribution in [3.63, 3.8) is 0 Å². The van der Waals surface area contributed by atoms with Crippen LogP contribution in [0.3, 0.4) is 0 Å². The average molecular weight is 395 g/mol. The normalized spacial score (nSPS) is 15.2. The predicted molar refractivity (Wildman–Crippen MR) is 129 cm³/mol. The summed E-state index contributed by atoms with van der Waals surface area (Å²) in [4.78, 5) is 2.25. The van der Waals surface area contributed by atoms with E-state index in [1.165, 1.54) is 86.7 Å². The quantitative estimate of drug-likeness (QED) is 0.333. The maximum Gasteiger partial charge on any atom is 0.0491 e. The molecule has 1 N–H and O–H groups in total. The van der Waals surface area contributed by atoms with Crippen molar-refractivity contribution in [2.75, 3.05) is 20.6 Å². The minimum atomic E-state index is 0.985. The molecule has 0 unspecified atom stereocenters. The van der Waals surface area contributed by atoms with Gasteiger partial charge in [-0.1, -0.05) is 107 Å². The summed E-state index contributed by atoms with van der Waals surface area (Å²) in [6.07, 6.45) is 21.5. The number of benzene rings is 1. The molecule has 0 aromatic heterocycles. The van der Waals surface area contributed by atoms with Crippen molar-refractivity contribution in [3.05, 3.63) is 65.4 Å². The van der Waals surface area contributed by atoms with Gasteiger partial charge < -0.3 is 10.2 Å². The molecule has 0 saturated carbocycles. The molecule has 0 heterocycles. The summed E-state index contributed by atoms with van der Waals surface area (Å²) < 4.78 is 0. The first kappa shape index (κ1) is 23.3. The fourth-order valence-electron chi connectivity index (χ4n) is 4.08. The molecule has 0 aliphatic heterocycles. The van der Waals surface area contributed by atoms with E-state index in [2.05, 4.69) is 79.8 Å². The molecule has 0 fully saturated rings. The first-order valence-electron chi connectivity index (χ1n) is 11.8. The summed E-state index contributed by atoms with van der Waals surface area (Å²) in [5.41, 5.74) is 5.29. The standard InChI is InChI=1S/C27H42N2/c1-4-5-6-7-8-9-10-11-12-18-23-28-26-22-17-16-21-25(26)27(29(2)3)24-19-14-13-15-20-24/h13-17,19-20,22,28H,4-12,18,21,23H2,1-3H3. The van der Waals surface area contributed by atoms with Gasteiger partial charge in [0.2, 0.25) is 0 Å². The van der Waals surface area contributed by atoms with E-state index in [1.54, 1.807) is 0 Å². The summed E-state index contributed by atoms with van der Waals surface area (Å²) in [5.74, 6) is 0. The zero-order valence-corrected chi connectivity index (χ0v) is 19.1. The monoisotopic (exact) mass is 394 g/mol. The van der Waals surface area contributed by atoms with Crippen LogP contribution in [0.4, 0.5) is 0 Å². The van der Waals surface area contributed by atoms with Gasteiger partial charge >= 0.3 is 0 Å². The Bertz CT molecular complexity index is 652. The molecule has 160 valence electrons. The lowest BCUT2D eigenvalue weighted by molar-refractivity contribution is 0.551. The van der Waals surface area contributed by atoms with Crippen LogP contribution in [0.1, 0.15) is 83.1 Å². The molecule has 2 heteroatoms. The van der Waals surface area contributed by atoms with Gasteiger partial charge in [0.05, 0.1) is 0 Å². The van der Waals surface area contributed by atoms with Crippen LogP contribution in [0.15, 0.2) is 59.8 Å². The Balaban J connectivity index is 1.77. The Labute approximate surface area is 179 Å². The molecule has 1 aliphatic rings. The molecule has 0 bridgehead atoms. The molecule has 1 aliphatic carbocycles. The van der Waals surface area contributed by atoms with E-state index in [0.717, 1.165) is 13.0 Å². The van der Waals surface area contributed by atoms with Gasteiger partial charge in [-0.05, 0) is 24.5 Å². The van der Waals surface area contributed by atoms with Gasteiger partial charge in [0.15, 0.2) is 0 Å². The number of nitrogens with zero attached hydrogens (tertiary/aromatic N) is 1. The smallest absolute Gasteiger partial charge is 0.0491 e. The van der Waals surface area contributed by atoms with E-state index in [9.17, 15) is 0 Å². The molecule has 0 radical (unpaired) electrons. The molecule has 2 nitrogen and oxygen atoms in total. The Kier molecular flexibility index (Phi) is 11.3. The van der Waals surface area contributed by atoms with Crippen LogP contribution in [-0.4, -0.2) is 25.5 Å². The van der Waals surface area contributed by atoms with Gasteiger partial charge in [0.1, 0.15) is 0 Å². The SMILES string of the molecule is CCCCCCCCCCCCNC1=CC=CCC1=C(c1ccccc1)N(C)C. The highest BCUT2D eigenvalue weighted by atomic mass is 15.1. The molecule has 0 amide bonds. The number of hydrogen-bond donors (Lipinski definition) is 1. The zero-order chi connectivity index (χ0) is 20.7. The van der Waals surface area contributed by atoms with Gasteiger partial charge in [-0.3, -0.25) is 0 Å². The highest BCUT2D eigenvalue weighted by Gasteiger charge is 2.16. The first-order chi connectivity index (χ1) is 14.2. The van der Waals surface area contributed by atoms with Crippen molar-refractivity contribution in [2.24, 2.45) is 0 Å². The molecule has 0 spiro atoms. The first-order valence-corrected chi connectivity index (χ1v) is 11.8. The molecular weight excluding hydrogens is 352 g/mol. The molecule has 2 rings (SSSR count). The van der Waals surface area contributed by atoms with Gasteiger partial charge in [0.25, 0.3) is 0 Å². The predicted octanol–water partition coefficient (Wildman–Crippen LogP) is 7.31. The third-order valence-corrected chi connectivity index (χ3v) is 5.67. The highest BCUT2D eigenvalue weighted by Crippen LogP contribution is 2.29. The van der Waals surface area contributed by atoms with Crippen LogP contribution >= 0.6 is 0 Å². The molecule has 0 atom stereocenters. The fourth-order valence-corrected chi connectivity index (χ4v) is 4.08. The minimum Gasteiger partial charge on any atom is -0.385 e.